The zero-order valence-corrected chi connectivity index (χ0v) is 39.0. The van der Waals surface area contributed by atoms with Crippen LogP contribution in [-0.4, -0.2) is 145 Å². The molecule has 12 atom stereocenters. The molecule has 3 unspecified atom stereocenters. The second-order valence-electron chi connectivity index (χ2n) is 20.6. The second-order valence-corrected chi connectivity index (χ2v) is 20.6. The summed E-state index contributed by atoms with van der Waals surface area (Å²) in [6.45, 7) is 14.0. The first-order chi connectivity index (χ1) is 30.6. The van der Waals surface area contributed by atoms with Crippen LogP contribution in [0.25, 0.3) is 10.9 Å². The lowest BCUT2D eigenvalue weighted by molar-refractivity contribution is -0.182. The second kappa shape index (κ2) is 15.0. The molecule has 8 aliphatic rings. The van der Waals surface area contributed by atoms with Crippen LogP contribution in [0.15, 0.2) is 53.8 Å². The van der Waals surface area contributed by atoms with Crippen LogP contribution in [0.1, 0.15) is 83.5 Å². The Hall–Kier alpha value is -4.05. The SMILES string of the molecule is CC[C@]1(O)C[C@H]2CN(CCc3c([nH]c4ccc(CNC(C)C)cc34)[C@@](C(=O)OC)(C3C=C4C(=CC3OC)N(C)[C@@]35O[C@]3(C(=O)OC)[C@H](OC(C)=O)[C@]3(CC)C=CCN6CC[C@]45[C@@H]63)C2)C1. The van der Waals surface area contributed by atoms with E-state index in [0.717, 1.165) is 58.6 Å². The summed E-state index contributed by atoms with van der Waals surface area (Å²) in [6.07, 6.45) is 10.6. The van der Waals surface area contributed by atoms with Gasteiger partial charge >= 0.3 is 17.9 Å². The fraction of sp³-hybridized carbons (Fsp3) is 0.660. The molecule has 4 saturated heterocycles. The van der Waals surface area contributed by atoms with Crippen LogP contribution in [0, 0.1) is 22.7 Å². The number of aromatic nitrogens is 1. The van der Waals surface area contributed by atoms with E-state index >= 15 is 4.79 Å². The number of epoxide rings is 1. The molecule has 64 heavy (non-hydrogen) atoms. The van der Waals surface area contributed by atoms with Gasteiger partial charge in [-0.3, -0.25) is 19.4 Å². The minimum absolute atomic E-state index is 0.0610. The third-order valence-electron chi connectivity index (χ3n) is 17.3. The van der Waals surface area contributed by atoms with E-state index in [1.807, 2.05) is 14.0 Å². The number of ether oxygens (including phenoxy) is 5. The molecule has 1 saturated carbocycles. The minimum Gasteiger partial charge on any atom is -0.468 e. The number of likely N-dealkylation sites (N-methyl/N-ethyl adjacent to an activating group) is 1. The summed E-state index contributed by atoms with van der Waals surface area (Å²) in [5.74, 6) is -2.09. The molecule has 14 heteroatoms. The van der Waals surface area contributed by atoms with Crippen LogP contribution in [0.2, 0.25) is 0 Å². The molecule has 7 heterocycles. The number of piperidine rings is 1. The predicted molar refractivity (Wildman–Crippen MR) is 239 cm³/mol. The van der Waals surface area contributed by atoms with E-state index in [1.165, 1.54) is 21.1 Å². The summed E-state index contributed by atoms with van der Waals surface area (Å²) in [7, 11) is 6.52. The molecular weight excluding hydrogens is 815 g/mol. The number of hydrogen-bond donors (Lipinski definition) is 3. The lowest BCUT2D eigenvalue weighted by Gasteiger charge is -2.58. The standard InChI is InChI=1S/C50H67N5O9/c1-10-45(59)24-32-25-47(43(57)61-8,40-33(15-19-54(27-32)28-45)34-21-31(26-51-29(3)4)13-14-37(34)52-40)36-22-35-38(23-39(36)60-7)53(6)50-48(35)17-20-55-18-12-16-46(11-2,41(48)55)42(63-30(5)56)49(50,64-50)44(58)62-9/h12-14,16,21-23,29,32,36,39,41-42,51-52,59H,10-11,15,17-20,24-28H2,1-9H3/t32-,36?,39?,41+,42-,45+,46-,47+,48-,49+,50+/m1/s1. The van der Waals surface area contributed by atoms with Gasteiger partial charge in [0.25, 0.3) is 5.60 Å². The Morgan fingerprint density at radius 2 is 1.83 bits per heavy atom. The number of nitrogens with one attached hydrogen (secondary N) is 2. The summed E-state index contributed by atoms with van der Waals surface area (Å²) in [5, 5.41) is 16.8. The van der Waals surface area contributed by atoms with Gasteiger partial charge in [0.2, 0.25) is 0 Å². The number of esters is 3. The number of aromatic amines is 1. The van der Waals surface area contributed by atoms with E-state index in [1.54, 1.807) is 7.11 Å². The maximum atomic E-state index is 15.6. The summed E-state index contributed by atoms with van der Waals surface area (Å²) >= 11 is 0. The van der Waals surface area contributed by atoms with Gasteiger partial charge in [-0.05, 0) is 85.9 Å². The lowest BCUT2D eigenvalue weighted by atomic mass is 9.48. The molecule has 10 rings (SSSR count). The normalized spacial score (nSPS) is 40.5. The van der Waals surface area contributed by atoms with Crippen LogP contribution in [-0.2, 0) is 56.4 Å². The Bertz CT molecular complexity index is 2380. The number of rotatable bonds is 10. The van der Waals surface area contributed by atoms with Crippen molar-refractivity contribution in [1.29, 1.82) is 0 Å². The van der Waals surface area contributed by atoms with Gasteiger partial charge in [-0.15, -0.1) is 0 Å². The van der Waals surface area contributed by atoms with E-state index in [4.69, 9.17) is 23.7 Å². The van der Waals surface area contributed by atoms with Crippen LogP contribution < -0.4 is 5.32 Å². The van der Waals surface area contributed by atoms with E-state index in [2.05, 4.69) is 88.3 Å². The number of carbonyl (C=O) groups is 3. The molecule has 0 amide bonds. The Labute approximate surface area is 376 Å². The van der Waals surface area contributed by atoms with Crippen LogP contribution in [0.3, 0.4) is 0 Å². The third-order valence-corrected chi connectivity index (χ3v) is 17.3. The molecule has 2 aliphatic carbocycles. The zero-order valence-electron chi connectivity index (χ0n) is 39.0. The van der Waals surface area contributed by atoms with Gasteiger partial charge in [0.1, 0.15) is 5.41 Å². The van der Waals surface area contributed by atoms with E-state index in [0.29, 0.717) is 64.2 Å². The van der Waals surface area contributed by atoms with E-state index < -0.39 is 63.2 Å². The van der Waals surface area contributed by atoms with E-state index in [-0.39, 0.29) is 17.9 Å². The quantitative estimate of drug-likeness (QED) is 0.133. The summed E-state index contributed by atoms with van der Waals surface area (Å²) < 4.78 is 31.9. The number of nitrogens with zero attached hydrogens (tertiary/aromatic N) is 3. The average Bonchev–Trinajstić information content (AvgIpc) is 3.53. The predicted octanol–water partition coefficient (Wildman–Crippen LogP) is 4.50. The minimum atomic E-state index is -1.65. The fourth-order valence-electron chi connectivity index (χ4n) is 14.9. The van der Waals surface area contributed by atoms with Crippen molar-refractivity contribution in [2.45, 2.75) is 126 Å². The number of hydrogen-bond acceptors (Lipinski definition) is 13. The maximum absolute atomic E-state index is 15.6. The maximum Gasteiger partial charge on any atom is 0.347 e. The molecule has 2 aromatic rings. The van der Waals surface area contributed by atoms with Crippen LogP contribution in [0.4, 0.5) is 0 Å². The first-order valence-corrected chi connectivity index (χ1v) is 23.6. The van der Waals surface area contributed by atoms with Crippen molar-refractivity contribution in [3.05, 3.63) is 70.6 Å². The van der Waals surface area contributed by atoms with Crippen LogP contribution >= 0.6 is 0 Å². The molecule has 1 aromatic carbocycles. The average molecular weight is 882 g/mol. The molecule has 346 valence electrons. The first-order valence-electron chi connectivity index (χ1n) is 23.6. The van der Waals surface area contributed by atoms with Crippen LogP contribution in [0.5, 0.6) is 0 Å². The number of carbonyl (C=O) groups excluding carboxylic acids is 3. The highest BCUT2D eigenvalue weighted by atomic mass is 16.7. The molecule has 14 nitrogen and oxygen atoms in total. The fourth-order valence-corrected chi connectivity index (χ4v) is 14.9. The number of H-pyrrole nitrogens is 1. The number of fused-ring (bicyclic) bond motifs is 6. The highest BCUT2D eigenvalue weighted by Crippen LogP contribution is 2.82. The molecule has 5 fully saturated rings. The van der Waals surface area contributed by atoms with Crippen molar-refractivity contribution in [1.82, 2.24) is 25.0 Å². The van der Waals surface area contributed by atoms with Crippen molar-refractivity contribution in [3.63, 3.8) is 0 Å². The summed E-state index contributed by atoms with van der Waals surface area (Å²) in [5.41, 5.74) is -0.899. The third kappa shape index (κ3) is 5.49. The Morgan fingerprint density at radius 3 is 2.52 bits per heavy atom. The smallest absolute Gasteiger partial charge is 0.347 e. The highest BCUT2D eigenvalue weighted by Gasteiger charge is 2.99. The molecule has 2 bridgehead atoms. The monoisotopic (exact) mass is 881 g/mol. The summed E-state index contributed by atoms with van der Waals surface area (Å²) in [6, 6.07) is 6.62. The molecular formula is C50H67N5O9. The van der Waals surface area contributed by atoms with Crippen molar-refractivity contribution < 1.29 is 43.2 Å². The zero-order chi connectivity index (χ0) is 45.4. The Morgan fingerprint density at radius 1 is 1.05 bits per heavy atom. The highest BCUT2D eigenvalue weighted by molar-refractivity contribution is 5.92. The number of likely N-dealkylation sites (tertiary alicyclic amines) is 1. The molecule has 1 aromatic heterocycles. The van der Waals surface area contributed by atoms with Gasteiger partial charge in [-0.25, -0.2) is 4.79 Å². The first kappa shape index (κ1) is 43.8. The summed E-state index contributed by atoms with van der Waals surface area (Å²) in [4.78, 5) is 54.3. The van der Waals surface area contributed by atoms with Gasteiger partial charge < -0.3 is 44.0 Å². The van der Waals surface area contributed by atoms with Crippen molar-refractivity contribution in [2.24, 2.45) is 22.7 Å². The Balaban J connectivity index is 1.24. The van der Waals surface area contributed by atoms with Gasteiger partial charge in [0.15, 0.2) is 11.8 Å². The largest absolute Gasteiger partial charge is 0.468 e. The lowest BCUT2D eigenvalue weighted by Crippen LogP contribution is -2.73. The van der Waals surface area contributed by atoms with Gasteiger partial charge in [-0.1, -0.05) is 52.0 Å². The molecule has 6 aliphatic heterocycles. The Kier molecular flexibility index (Phi) is 10.3. The number of allylic oxidation sites excluding steroid dienone is 1. The topological polar surface area (TPSA) is 158 Å². The van der Waals surface area contributed by atoms with Gasteiger partial charge in [0.05, 0.1) is 31.3 Å². The van der Waals surface area contributed by atoms with E-state index in [9.17, 15) is 14.7 Å². The van der Waals surface area contributed by atoms with Gasteiger partial charge in [0, 0.05) is 99.5 Å². The van der Waals surface area contributed by atoms with Crippen molar-refractivity contribution in [3.8, 4) is 0 Å². The molecule has 3 N–H and O–H groups in total. The molecule has 2 spiro atoms. The number of methoxy groups -OCH3 is 3. The van der Waals surface area contributed by atoms with Crippen molar-refractivity contribution in [2.75, 3.05) is 61.1 Å². The number of benzene rings is 1. The van der Waals surface area contributed by atoms with Crippen molar-refractivity contribution >= 4 is 28.8 Å². The van der Waals surface area contributed by atoms with Gasteiger partial charge in [-0.2, -0.15) is 0 Å². The molecule has 0 radical (unpaired) electrons. The number of aliphatic hydroxyl groups is 1.